The van der Waals surface area contributed by atoms with Gasteiger partial charge in [0.05, 0.1) is 7.11 Å². The summed E-state index contributed by atoms with van der Waals surface area (Å²) in [5.41, 5.74) is 0.752. The van der Waals surface area contributed by atoms with Crippen LogP contribution in [-0.4, -0.2) is 19.7 Å². The van der Waals surface area contributed by atoms with Crippen LogP contribution in [0.3, 0.4) is 0 Å². The van der Waals surface area contributed by atoms with Crippen LogP contribution in [-0.2, 0) is 6.42 Å². The van der Waals surface area contributed by atoms with E-state index in [1.165, 1.54) is 7.11 Å². The number of benzene rings is 1. The fraction of sp³-hybridized carbons (Fsp3) is 0.647. The highest BCUT2D eigenvalue weighted by atomic mass is 19.1. The molecule has 114 valence electrons. The molecule has 0 bridgehead atoms. The lowest BCUT2D eigenvalue weighted by atomic mass is 9.96. The van der Waals surface area contributed by atoms with E-state index in [0.717, 1.165) is 37.8 Å². The largest absolute Gasteiger partial charge is 0.494 e. The molecule has 0 saturated heterocycles. The first kappa shape index (κ1) is 17.0. The Labute approximate surface area is 122 Å². The number of rotatable bonds is 9. The lowest BCUT2D eigenvalue weighted by molar-refractivity contribution is 0.367. The maximum Gasteiger partial charge on any atom is 0.168 e. The maximum absolute atomic E-state index is 14.0. The summed E-state index contributed by atoms with van der Waals surface area (Å²) in [6, 6.07) is 5.89. The van der Waals surface area contributed by atoms with Gasteiger partial charge in [-0.2, -0.15) is 0 Å². The van der Waals surface area contributed by atoms with Crippen molar-refractivity contribution in [3.05, 3.63) is 29.6 Å². The fourth-order valence-corrected chi connectivity index (χ4v) is 2.42. The molecule has 0 radical (unpaired) electrons. The van der Waals surface area contributed by atoms with E-state index in [4.69, 9.17) is 4.74 Å². The molecule has 0 spiro atoms. The number of hydrogen-bond donors (Lipinski definition) is 1. The summed E-state index contributed by atoms with van der Waals surface area (Å²) in [6.07, 6.45) is 3.98. The van der Waals surface area contributed by atoms with E-state index in [0.29, 0.717) is 17.7 Å². The first-order chi connectivity index (χ1) is 9.60. The predicted octanol–water partition coefficient (Wildman–Crippen LogP) is 4.18. The minimum atomic E-state index is -0.211. The Kier molecular flexibility index (Phi) is 7.60. The minimum Gasteiger partial charge on any atom is -0.494 e. The van der Waals surface area contributed by atoms with Crippen molar-refractivity contribution >= 4 is 0 Å². The molecule has 1 unspecified atom stereocenters. The Morgan fingerprint density at radius 3 is 2.65 bits per heavy atom. The van der Waals surface area contributed by atoms with Gasteiger partial charge in [-0.25, -0.2) is 4.39 Å². The van der Waals surface area contributed by atoms with Gasteiger partial charge in [-0.05, 0) is 49.8 Å². The third kappa shape index (κ3) is 5.12. The third-order valence-electron chi connectivity index (χ3n) is 3.69. The van der Waals surface area contributed by atoms with E-state index in [-0.39, 0.29) is 5.82 Å². The molecule has 0 saturated carbocycles. The molecular formula is C17H28FNO. The van der Waals surface area contributed by atoms with E-state index in [2.05, 4.69) is 26.1 Å². The highest BCUT2D eigenvalue weighted by Gasteiger charge is 2.13. The monoisotopic (exact) mass is 281 g/mol. The summed E-state index contributed by atoms with van der Waals surface area (Å²) in [7, 11) is 1.51. The molecule has 2 nitrogen and oxygen atoms in total. The lowest BCUT2D eigenvalue weighted by Crippen LogP contribution is -2.34. The Hall–Kier alpha value is -1.09. The highest BCUT2D eigenvalue weighted by Crippen LogP contribution is 2.22. The van der Waals surface area contributed by atoms with Gasteiger partial charge in [0.2, 0.25) is 0 Å². The molecule has 0 fully saturated rings. The topological polar surface area (TPSA) is 21.3 Å². The lowest BCUT2D eigenvalue weighted by Gasteiger charge is -2.22. The van der Waals surface area contributed by atoms with E-state index < -0.39 is 0 Å². The van der Waals surface area contributed by atoms with E-state index in [9.17, 15) is 4.39 Å². The standard InChI is InChI=1S/C17H28FNO/c1-5-12-19-15(13(2)3)10-6-8-14-9-7-11-16(20-4)17(14)18/h7,9,11,13,15,19H,5-6,8,10,12H2,1-4H3. The van der Waals surface area contributed by atoms with Crippen molar-refractivity contribution in [2.45, 2.75) is 52.5 Å². The van der Waals surface area contributed by atoms with Crippen LogP contribution in [0.2, 0.25) is 0 Å². The first-order valence-corrected chi connectivity index (χ1v) is 7.64. The second-order valence-electron chi connectivity index (χ2n) is 5.63. The molecule has 20 heavy (non-hydrogen) atoms. The van der Waals surface area contributed by atoms with Crippen molar-refractivity contribution in [3.8, 4) is 5.75 Å². The average Bonchev–Trinajstić information content (AvgIpc) is 2.43. The number of aryl methyl sites for hydroxylation is 1. The smallest absolute Gasteiger partial charge is 0.168 e. The summed E-state index contributed by atoms with van der Waals surface area (Å²) >= 11 is 0. The Morgan fingerprint density at radius 2 is 2.05 bits per heavy atom. The van der Waals surface area contributed by atoms with Crippen molar-refractivity contribution in [2.24, 2.45) is 5.92 Å². The van der Waals surface area contributed by atoms with Gasteiger partial charge in [-0.3, -0.25) is 0 Å². The zero-order chi connectivity index (χ0) is 15.0. The van der Waals surface area contributed by atoms with Crippen LogP contribution in [0.5, 0.6) is 5.75 Å². The minimum absolute atomic E-state index is 0.211. The van der Waals surface area contributed by atoms with Crippen molar-refractivity contribution in [1.82, 2.24) is 5.32 Å². The van der Waals surface area contributed by atoms with Gasteiger partial charge in [0.15, 0.2) is 11.6 Å². The van der Waals surface area contributed by atoms with E-state index in [1.807, 2.05) is 12.1 Å². The number of methoxy groups -OCH3 is 1. The second kappa shape index (κ2) is 8.96. The molecule has 1 atom stereocenters. The summed E-state index contributed by atoms with van der Waals surface area (Å²) in [4.78, 5) is 0. The van der Waals surface area contributed by atoms with Crippen LogP contribution in [0.15, 0.2) is 18.2 Å². The summed E-state index contributed by atoms with van der Waals surface area (Å²) in [5, 5.41) is 3.57. The Bertz CT molecular complexity index is 393. The van der Waals surface area contributed by atoms with Crippen LogP contribution < -0.4 is 10.1 Å². The summed E-state index contributed by atoms with van der Waals surface area (Å²) in [6.45, 7) is 7.70. The van der Waals surface area contributed by atoms with Crippen molar-refractivity contribution in [2.75, 3.05) is 13.7 Å². The zero-order valence-electron chi connectivity index (χ0n) is 13.2. The van der Waals surface area contributed by atoms with Crippen LogP contribution in [0, 0.1) is 11.7 Å². The van der Waals surface area contributed by atoms with Gasteiger partial charge in [0, 0.05) is 6.04 Å². The van der Waals surface area contributed by atoms with Gasteiger partial charge >= 0.3 is 0 Å². The normalized spacial score (nSPS) is 12.7. The molecule has 0 aromatic heterocycles. The highest BCUT2D eigenvalue weighted by molar-refractivity contribution is 5.31. The molecule has 1 rings (SSSR count). The summed E-state index contributed by atoms with van der Waals surface area (Å²) < 4.78 is 19.0. The van der Waals surface area contributed by atoms with Gasteiger partial charge in [-0.15, -0.1) is 0 Å². The van der Waals surface area contributed by atoms with Crippen molar-refractivity contribution in [1.29, 1.82) is 0 Å². The van der Waals surface area contributed by atoms with Crippen molar-refractivity contribution in [3.63, 3.8) is 0 Å². The van der Waals surface area contributed by atoms with E-state index >= 15 is 0 Å². The molecule has 1 aromatic rings. The van der Waals surface area contributed by atoms with Gasteiger partial charge in [0.1, 0.15) is 0 Å². The molecule has 0 aliphatic carbocycles. The van der Waals surface area contributed by atoms with Crippen LogP contribution >= 0.6 is 0 Å². The number of ether oxygens (including phenoxy) is 1. The number of hydrogen-bond acceptors (Lipinski definition) is 2. The number of nitrogens with one attached hydrogen (secondary N) is 1. The van der Waals surface area contributed by atoms with Gasteiger partial charge in [0.25, 0.3) is 0 Å². The van der Waals surface area contributed by atoms with Gasteiger partial charge < -0.3 is 10.1 Å². The molecule has 0 aliphatic heterocycles. The molecular weight excluding hydrogens is 253 g/mol. The molecule has 1 N–H and O–H groups in total. The van der Waals surface area contributed by atoms with Crippen LogP contribution in [0.4, 0.5) is 4.39 Å². The van der Waals surface area contributed by atoms with Crippen LogP contribution in [0.25, 0.3) is 0 Å². The molecule has 0 heterocycles. The fourth-order valence-electron chi connectivity index (χ4n) is 2.42. The zero-order valence-corrected chi connectivity index (χ0v) is 13.2. The second-order valence-corrected chi connectivity index (χ2v) is 5.63. The molecule has 1 aromatic carbocycles. The Balaban J connectivity index is 2.50. The summed E-state index contributed by atoms with van der Waals surface area (Å²) in [5.74, 6) is 0.737. The first-order valence-electron chi connectivity index (χ1n) is 7.64. The van der Waals surface area contributed by atoms with E-state index in [1.54, 1.807) is 6.07 Å². The third-order valence-corrected chi connectivity index (χ3v) is 3.69. The maximum atomic E-state index is 14.0. The molecule has 0 aliphatic rings. The van der Waals surface area contributed by atoms with Gasteiger partial charge in [-0.1, -0.05) is 32.9 Å². The van der Waals surface area contributed by atoms with Crippen LogP contribution in [0.1, 0.15) is 45.6 Å². The predicted molar refractivity (Wildman–Crippen MR) is 82.8 cm³/mol. The molecule has 0 amide bonds. The Morgan fingerprint density at radius 1 is 1.30 bits per heavy atom. The molecule has 3 heteroatoms. The average molecular weight is 281 g/mol. The number of halogens is 1. The van der Waals surface area contributed by atoms with Crippen molar-refractivity contribution < 1.29 is 9.13 Å². The SMILES string of the molecule is CCCNC(CCCc1cccc(OC)c1F)C(C)C. The quantitative estimate of drug-likeness (QED) is 0.733.